The van der Waals surface area contributed by atoms with E-state index in [4.69, 9.17) is 0 Å². The Hall–Kier alpha value is -2.45. The second kappa shape index (κ2) is 5.08. The summed E-state index contributed by atoms with van der Waals surface area (Å²) in [5, 5.41) is 20.5. The number of non-ortho nitro benzene ring substituents is 2. The van der Waals surface area contributed by atoms with Gasteiger partial charge >= 0.3 is 123 Å². The Morgan fingerprint density at radius 1 is 0.773 bits per heavy atom. The van der Waals surface area contributed by atoms with Gasteiger partial charge in [-0.15, -0.1) is 0 Å². The van der Waals surface area contributed by atoms with Crippen LogP contribution in [0.3, 0.4) is 0 Å². The monoisotopic (exact) mass is 326 g/mol. The van der Waals surface area contributed by atoms with Crippen molar-refractivity contribution in [3.05, 3.63) is 68.8 Å². The fourth-order valence-electron chi connectivity index (χ4n) is 1.87. The van der Waals surface area contributed by atoms with Crippen LogP contribution in [0.5, 0.6) is 0 Å². The zero-order valence-electron chi connectivity index (χ0n) is 10.9. The first-order valence-electron chi connectivity index (χ1n) is 5.87. The Bertz CT molecular complexity index is 708. The number of nitrogens with zero attached hydrogens (tertiary/aromatic N) is 2. The van der Waals surface area contributed by atoms with E-state index in [2.05, 4.69) is 0 Å². The molecule has 0 aromatic heterocycles. The van der Waals surface area contributed by atoms with Crippen molar-refractivity contribution < 1.29 is 24.5 Å². The van der Waals surface area contributed by atoms with Gasteiger partial charge in [0, 0.05) is 0 Å². The van der Waals surface area contributed by atoms with Crippen molar-refractivity contribution >= 4 is 29.3 Å². The SMILES string of the molecule is O=[N+]([O-])c1cccc(P(O)(O)(O)c2cccc([N+](=O)[O-])c2)c1. The van der Waals surface area contributed by atoms with Gasteiger partial charge in [-0.05, 0) is 0 Å². The predicted octanol–water partition coefficient (Wildman–Crippen LogP) is 0.729. The molecule has 0 aliphatic heterocycles. The van der Waals surface area contributed by atoms with Crippen molar-refractivity contribution in [3.8, 4) is 0 Å². The zero-order valence-corrected chi connectivity index (χ0v) is 11.8. The van der Waals surface area contributed by atoms with Gasteiger partial charge < -0.3 is 0 Å². The van der Waals surface area contributed by atoms with Gasteiger partial charge in [0.15, 0.2) is 0 Å². The molecular formula is C12H11N2O7P. The maximum absolute atomic E-state index is 10.8. The van der Waals surface area contributed by atoms with E-state index in [1.54, 1.807) is 0 Å². The third-order valence-electron chi connectivity index (χ3n) is 3.03. The van der Waals surface area contributed by atoms with Crippen molar-refractivity contribution in [3.63, 3.8) is 0 Å². The quantitative estimate of drug-likeness (QED) is 0.426. The summed E-state index contributed by atoms with van der Waals surface area (Å²) in [5.41, 5.74) is -0.900. The molecule has 0 spiro atoms. The van der Waals surface area contributed by atoms with Crippen LogP contribution in [-0.2, 0) is 0 Å². The molecule has 0 saturated carbocycles. The molecular weight excluding hydrogens is 315 g/mol. The summed E-state index contributed by atoms with van der Waals surface area (Å²) in [5.74, 6) is 0. The normalized spacial score (nSPS) is 13.1. The molecule has 22 heavy (non-hydrogen) atoms. The van der Waals surface area contributed by atoms with Gasteiger partial charge in [-0.1, -0.05) is 0 Å². The fraction of sp³-hybridized carbons (Fsp3) is 0. The minimum absolute atomic E-state index is 0.450. The molecule has 0 aliphatic rings. The topological polar surface area (TPSA) is 147 Å². The maximum atomic E-state index is 10.8. The number of nitro benzene ring substituents is 2. The average molecular weight is 326 g/mol. The number of hydrogen-bond donors (Lipinski definition) is 3. The van der Waals surface area contributed by atoms with E-state index in [1.807, 2.05) is 0 Å². The number of rotatable bonds is 4. The van der Waals surface area contributed by atoms with Gasteiger partial charge in [0.05, 0.1) is 0 Å². The second-order valence-corrected chi connectivity index (χ2v) is 7.53. The van der Waals surface area contributed by atoms with Gasteiger partial charge in [0.2, 0.25) is 0 Å². The van der Waals surface area contributed by atoms with Crippen LogP contribution in [0.15, 0.2) is 48.5 Å². The van der Waals surface area contributed by atoms with E-state index in [-0.39, 0.29) is 0 Å². The molecule has 9 nitrogen and oxygen atoms in total. The van der Waals surface area contributed by atoms with E-state index in [1.165, 1.54) is 12.1 Å². The Morgan fingerprint density at radius 2 is 1.14 bits per heavy atom. The Balaban J connectivity index is 2.64. The van der Waals surface area contributed by atoms with E-state index >= 15 is 0 Å². The van der Waals surface area contributed by atoms with Crippen LogP contribution in [0.1, 0.15) is 0 Å². The molecule has 2 rings (SSSR count). The first-order valence-corrected chi connectivity index (χ1v) is 7.96. The Labute approximate surface area is 123 Å². The molecule has 2 aromatic rings. The van der Waals surface area contributed by atoms with Crippen LogP contribution in [-0.4, -0.2) is 24.5 Å². The standard InChI is InChI=1S/C12H11N2O7P/c15-13(16)9-3-1-5-11(7-9)22(19,20,21)12-6-2-4-10(8-12)14(17)18/h1-8,19-21H. The molecule has 0 radical (unpaired) electrons. The number of nitro groups is 2. The van der Waals surface area contributed by atoms with Gasteiger partial charge in [-0.2, -0.15) is 0 Å². The van der Waals surface area contributed by atoms with Crippen molar-refractivity contribution in [1.29, 1.82) is 0 Å². The first-order chi connectivity index (χ1) is 10.1. The summed E-state index contributed by atoms with van der Waals surface area (Å²) >= 11 is 0. The molecule has 2 aromatic carbocycles. The molecule has 116 valence electrons. The molecule has 0 saturated heterocycles. The molecule has 0 atom stereocenters. The summed E-state index contributed by atoms with van der Waals surface area (Å²) in [4.78, 5) is 51.0. The molecule has 0 aliphatic carbocycles. The molecule has 0 fully saturated rings. The van der Waals surface area contributed by atoms with E-state index in [0.29, 0.717) is 0 Å². The van der Waals surface area contributed by atoms with Crippen LogP contribution in [0.4, 0.5) is 11.4 Å². The van der Waals surface area contributed by atoms with Crippen LogP contribution >= 0.6 is 7.28 Å². The average Bonchev–Trinajstić information content (AvgIpc) is 2.47. The molecule has 0 bridgehead atoms. The molecule has 0 heterocycles. The molecule has 0 amide bonds. The van der Waals surface area contributed by atoms with Crippen LogP contribution in [0, 0.1) is 20.2 Å². The first kappa shape index (κ1) is 15.9. The minimum atomic E-state index is -5.71. The van der Waals surface area contributed by atoms with E-state index < -0.39 is 39.1 Å². The van der Waals surface area contributed by atoms with Crippen LogP contribution < -0.4 is 10.6 Å². The summed E-state index contributed by atoms with van der Waals surface area (Å²) in [7, 11) is -5.71. The van der Waals surface area contributed by atoms with Crippen molar-refractivity contribution in [2.45, 2.75) is 0 Å². The predicted molar refractivity (Wildman–Crippen MR) is 79.0 cm³/mol. The van der Waals surface area contributed by atoms with Gasteiger partial charge in [-0.25, -0.2) is 0 Å². The Kier molecular flexibility index (Phi) is 3.68. The second-order valence-electron chi connectivity index (χ2n) is 4.53. The number of benzene rings is 2. The summed E-state index contributed by atoms with van der Waals surface area (Å²) in [6.45, 7) is 0. The number of hydrogen-bond acceptors (Lipinski definition) is 7. The summed E-state index contributed by atoms with van der Waals surface area (Å²) in [6, 6.07) is 8.41. The summed E-state index contributed by atoms with van der Waals surface area (Å²) in [6.07, 6.45) is 0. The van der Waals surface area contributed by atoms with Gasteiger partial charge in [0.25, 0.3) is 0 Å². The fourth-order valence-corrected chi connectivity index (χ4v) is 3.63. The van der Waals surface area contributed by atoms with Gasteiger partial charge in [-0.3, -0.25) is 0 Å². The zero-order chi connectivity index (χ0) is 16.6. The van der Waals surface area contributed by atoms with Crippen molar-refractivity contribution in [2.24, 2.45) is 0 Å². The van der Waals surface area contributed by atoms with Crippen LogP contribution in [0.2, 0.25) is 0 Å². The third kappa shape index (κ3) is 2.78. The molecule has 3 N–H and O–H groups in total. The van der Waals surface area contributed by atoms with Crippen molar-refractivity contribution in [2.75, 3.05) is 0 Å². The van der Waals surface area contributed by atoms with E-state index in [9.17, 15) is 34.9 Å². The Morgan fingerprint density at radius 3 is 1.45 bits per heavy atom. The van der Waals surface area contributed by atoms with Crippen LogP contribution in [0.25, 0.3) is 0 Å². The van der Waals surface area contributed by atoms with Crippen molar-refractivity contribution in [1.82, 2.24) is 0 Å². The van der Waals surface area contributed by atoms with E-state index in [0.717, 1.165) is 36.4 Å². The molecule has 10 heteroatoms. The third-order valence-corrected chi connectivity index (χ3v) is 5.49. The molecule has 0 unspecified atom stereocenters. The summed E-state index contributed by atoms with van der Waals surface area (Å²) < 4.78 is 0. The van der Waals surface area contributed by atoms with Gasteiger partial charge in [0.1, 0.15) is 0 Å².